The Morgan fingerprint density at radius 3 is 2.42 bits per heavy atom. The SMILES string of the molecule is Nc1ccc(N(CCO)CCO)c(-c2cc[nH]c2)c1. The highest BCUT2D eigenvalue weighted by molar-refractivity contribution is 5.81. The summed E-state index contributed by atoms with van der Waals surface area (Å²) in [5.74, 6) is 0. The van der Waals surface area contributed by atoms with Gasteiger partial charge in [0.25, 0.3) is 0 Å². The van der Waals surface area contributed by atoms with Crippen molar-refractivity contribution in [2.45, 2.75) is 0 Å². The molecule has 0 atom stereocenters. The molecule has 0 aliphatic rings. The van der Waals surface area contributed by atoms with E-state index in [1.165, 1.54) is 0 Å². The maximum atomic E-state index is 9.15. The molecule has 0 saturated heterocycles. The van der Waals surface area contributed by atoms with Crippen molar-refractivity contribution in [2.24, 2.45) is 0 Å². The Bertz CT molecular complexity index is 505. The first-order valence-corrected chi connectivity index (χ1v) is 6.25. The first-order valence-electron chi connectivity index (χ1n) is 6.25. The van der Waals surface area contributed by atoms with Crippen LogP contribution in [0.1, 0.15) is 0 Å². The van der Waals surface area contributed by atoms with Crippen LogP contribution in [0.25, 0.3) is 11.1 Å². The molecule has 1 heterocycles. The number of aliphatic hydroxyl groups is 2. The Hall–Kier alpha value is -1.98. The molecule has 2 aromatic rings. The standard InChI is InChI=1S/C14H19N3O2/c15-12-1-2-14(17(5-7-18)6-8-19)13(9-12)11-3-4-16-10-11/h1-4,9-10,16,18-19H,5-8,15H2. The minimum absolute atomic E-state index is 0.0386. The van der Waals surface area contributed by atoms with Gasteiger partial charge in [0.15, 0.2) is 0 Å². The van der Waals surface area contributed by atoms with Gasteiger partial charge in [-0.3, -0.25) is 0 Å². The van der Waals surface area contributed by atoms with Crippen LogP contribution in [0.2, 0.25) is 0 Å². The van der Waals surface area contributed by atoms with E-state index >= 15 is 0 Å². The molecular weight excluding hydrogens is 242 g/mol. The van der Waals surface area contributed by atoms with Crippen molar-refractivity contribution in [1.29, 1.82) is 0 Å². The van der Waals surface area contributed by atoms with Gasteiger partial charge in [-0.15, -0.1) is 0 Å². The zero-order valence-electron chi connectivity index (χ0n) is 10.7. The van der Waals surface area contributed by atoms with E-state index < -0.39 is 0 Å². The van der Waals surface area contributed by atoms with E-state index in [1.54, 1.807) is 0 Å². The fourth-order valence-electron chi connectivity index (χ4n) is 2.15. The number of benzene rings is 1. The van der Waals surface area contributed by atoms with Crippen LogP contribution >= 0.6 is 0 Å². The lowest BCUT2D eigenvalue weighted by Gasteiger charge is -2.25. The summed E-state index contributed by atoms with van der Waals surface area (Å²) in [4.78, 5) is 4.97. The molecule has 0 bridgehead atoms. The number of hydrogen-bond donors (Lipinski definition) is 4. The third-order valence-electron chi connectivity index (χ3n) is 3.01. The highest BCUT2D eigenvalue weighted by Gasteiger charge is 2.12. The molecule has 0 spiro atoms. The monoisotopic (exact) mass is 261 g/mol. The first kappa shape index (κ1) is 13.5. The van der Waals surface area contributed by atoms with Gasteiger partial charge in [-0.25, -0.2) is 0 Å². The molecule has 1 aromatic heterocycles. The topological polar surface area (TPSA) is 85.5 Å². The number of rotatable bonds is 6. The van der Waals surface area contributed by atoms with Gasteiger partial charge < -0.3 is 25.8 Å². The number of nitrogens with one attached hydrogen (secondary N) is 1. The molecule has 0 saturated carbocycles. The van der Waals surface area contributed by atoms with Crippen molar-refractivity contribution in [2.75, 3.05) is 36.9 Å². The summed E-state index contributed by atoms with van der Waals surface area (Å²) in [5.41, 5.74) is 9.52. The summed E-state index contributed by atoms with van der Waals surface area (Å²) in [7, 11) is 0. The van der Waals surface area contributed by atoms with Crippen LogP contribution in [-0.4, -0.2) is 41.5 Å². The number of H-pyrrole nitrogens is 1. The number of anilines is 2. The molecular formula is C14H19N3O2. The van der Waals surface area contributed by atoms with Gasteiger partial charge in [0, 0.05) is 48.0 Å². The number of hydrogen-bond acceptors (Lipinski definition) is 4. The zero-order valence-corrected chi connectivity index (χ0v) is 10.7. The van der Waals surface area contributed by atoms with Gasteiger partial charge in [0.05, 0.1) is 13.2 Å². The van der Waals surface area contributed by atoms with Crippen molar-refractivity contribution < 1.29 is 10.2 Å². The van der Waals surface area contributed by atoms with Crippen molar-refractivity contribution in [3.63, 3.8) is 0 Å². The average Bonchev–Trinajstić information content (AvgIpc) is 2.92. The quantitative estimate of drug-likeness (QED) is 0.586. The van der Waals surface area contributed by atoms with Gasteiger partial charge in [0.2, 0.25) is 0 Å². The fourth-order valence-corrected chi connectivity index (χ4v) is 2.15. The summed E-state index contributed by atoms with van der Waals surface area (Å²) in [5, 5.41) is 18.3. The summed E-state index contributed by atoms with van der Waals surface area (Å²) in [6, 6.07) is 7.62. The van der Waals surface area contributed by atoms with Crippen molar-refractivity contribution in [3.8, 4) is 11.1 Å². The third-order valence-corrected chi connectivity index (χ3v) is 3.01. The highest BCUT2D eigenvalue weighted by Crippen LogP contribution is 2.32. The van der Waals surface area contributed by atoms with Gasteiger partial charge >= 0.3 is 0 Å². The Balaban J connectivity index is 2.43. The zero-order chi connectivity index (χ0) is 13.7. The molecule has 5 heteroatoms. The summed E-state index contributed by atoms with van der Waals surface area (Å²) >= 11 is 0. The lowest BCUT2D eigenvalue weighted by atomic mass is 10.0. The maximum absolute atomic E-state index is 9.15. The predicted molar refractivity (Wildman–Crippen MR) is 77.0 cm³/mol. The van der Waals surface area contributed by atoms with E-state index in [0.717, 1.165) is 16.8 Å². The molecule has 0 amide bonds. The Morgan fingerprint density at radius 1 is 1.11 bits per heavy atom. The number of aromatic nitrogens is 1. The molecule has 2 rings (SSSR count). The van der Waals surface area contributed by atoms with E-state index in [-0.39, 0.29) is 13.2 Å². The lowest BCUT2D eigenvalue weighted by molar-refractivity contribution is 0.281. The normalized spacial score (nSPS) is 10.6. The van der Waals surface area contributed by atoms with Crippen molar-refractivity contribution >= 4 is 11.4 Å². The summed E-state index contributed by atoms with van der Waals surface area (Å²) < 4.78 is 0. The molecule has 5 nitrogen and oxygen atoms in total. The number of nitrogen functional groups attached to an aromatic ring is 1. The molecule has 0 aliphatic heterocycles. The molecule has 0 aliphatic carbocycles. The van der Waals surface area contributed by atoms with Gasteiger partial charge in [-0.2, -0.15) is 0 Å². The van der Waals surface area contributed by atoms with Crippen LogP contribution in [0.4, 0.5) is 11.4 Å². The Labute approximate surface area is 112 Å². The molecule has 102 valence electrons. The second-order valence-corrected chi connectivity index (χ2v) is 4.31. The second-order valence-electron chi connectivity index (χ2n) is 4.31. The molecule has 0 unspecified atom stereocenters. The Morgan fingerprint density at radius 2 is 1.84 bits per heavy atom. The van der Waals surface area contributed by atoms with E-state index in [0.29, 0.717) is 18.8 Å². The number of nitrogens with two attached hydrogens (primary N) is 1. The minimum atomic E-state index is 0.0386. The van der Waals surface area contributed by atoms with Gasteiger partial charge in [0.1, 0.15) is 0 Å². The van der Waals surface area contributed by atoms with E-state index in [4.69, 9.17) is 15.9 Å². The second kappa shape index (κ2) is 6.26. The number of aliphatic hydroxyl groups excluding tert-OH is 2. The van der Waals surface area contributed by atoms with Crippen molar-refractivity contribution in [1.82, 2.24) is 4.98 Å². The van der Waals surface area contributed by atoms with E-state index in [9.17, 15) is 0 Å². The van der Waals surface area contributed by atoms with Crippen LogP contribution in [0.15, 0.2) is 36.7 Å². The van der Waals surface area contributed by atoms with Crippen LogP contribution in [-0.2, 0) is 0 Å². The molecule has 19 heavy (non-hydrogen) atoms. The van der Waals surface area contributed by atoms with Crippen LogP contribution in [0.5, 0.6) is 0 Å². The third kappa shape index (κ3) is 3.07. The smallest absolute Gasteiger partial charge is 0.0606 e. The molecule has 5 N–H and O–H groups in total. The van der Waals surface area contributed by atoms with Gasteiger partial charge in [-0.05, 0) is 24.3 Å². The molecule has 0 fully saturated rings. The largest absolute Gasteiger partial charge is 0.399 e. The predicted octanol–water partition coefficient (Wildman–Crippen LogP) is 1.05. The minimum Gasteiger partial charge on any atom is -0.399 e. The van der Waals surface area contributed by atoms with E-state index in [2.05, 4.69) is 4.98 Å². The van der Waals surface area contributed by atoms with Crippen LogP contribution in [0, 0.1) is 0 Å². The fraction of sp³-hybridized carbons (Fsp3) is 0.286. The highest BCUT2D eigenvalue weighted by atomic mass is 16.3. The van der Waals surface area contributed by atoms with Gasteiger partial charge in [-0.1, -0.05) is 0 Å². The summed E-state index contributed by atoms with van der Waals surface area (Å²) in [6.45, 7) is 1.03. The average molecular weight is 261 g/mol. The Kier molecular flexibility index (Phi) is 4.43. The van der Waals surface area contributed by atoms with Crippen molar-refractivity contribution in [3.05, 3.63) is 36.7 Å². The number of aromatic amines is 1. The summed E-state index contributed by atoms with van der Waals surface area (Å²) in [6.07, 6.45) is 3.75. The lowest BCUT2D eigenvalue weighted by Crippen LogP contribution is -2.30. The van der Waals surface area contributed by atoms with Crippen LogP contribution in [0.3, 0.4) is 0 Å². The van der Waals surface area contributed by atoms with E-state index in [1.807, 2.05) is 41.6 Å². The first-order chi connectivity index (χ1) is 9.26. The van der Waals surface area contributed by atoms with Crippen LogP contribution < -0.4 is 10.6 Å². The number of nitrogens with zero attached hydrogens (tertiary/aromatic N) is 1. The molecule has 0 radical (unpaired) electrons. The maximum Gasteiger partial charge on any atom is 0.0606 e. The molecule has 1 aromatic carbocycles.